The SMILES string of the molecule is CN=C(NCc1nnc(C)n1C)N1CCSC2(CCCCC2)C1.I. The van der Waals surface area contributed by atoms with Gasteiger partial charge in [-0.05, 0) is 19.8 Å². The molecule has 1 aromatic rings. The second-order valence-corrected chi connectivity index (χ2v) is 8.20. The lowest BCUT2D eigenvalue weighted by molar-refractivity contribution is 0.293. The third-order valence-electron chi connectivity index (χ3n) is 5.11. The number of aryl methyl sites for hydroxylation is 1. The molecule has 1 aromatic heterocycles. The van der Waals surface area contributed by atoms with Crippen molar-refractivity contribution < 1.29 is 0 Å². The highest BCUT2D eigenvalue weighted by molar-refractivity contribution is 14.0. The van der Waals surface area contributed by atoms with E-state index in [1.54, 1.807) is 0 Å². The smallest absolute Gasteiger partial charge is 0.194 e. The van der Waals surface area contributed by atoms with Crippen molar-refractivity contribution >= 4 is 41.7 Å². The summed E-state index contributed by atoms with van der Waals surface area (Å²) in [7, 11) is 3.88. The number of aromatic nitrogens is 3. The van der Waals surface area contributed by atoms with Gasteiger partial charge in [-0.3, -0.25) is 4.99 Å². The lowest BCUT2D eigenvalue weighted by Crippen LogP contribution is -2.53. The van der Waals surface area contributed by atoms with Crippen LogP contribution in [0.2, 0.25) is 0 Å². The fourth-order valence-corrected chi connectivity index (χ4v) is 5.19. The van der Waals surface area contributed by atoms with E-state index >= 15 is 0 Å². The van der Waals surface area contributed by atoms with Crippen LogP contribution in [0.1, 0.15) is 43.8 Å². The quantitative estimate of drug-likeness (QED) is 0.414. The van der Waals surface area contributed by atoms with Crippen LogP contribution in [0.15, 0.2) is 4.99 Å². The zero-order valence-corrected chi connectivity index (χ0v) is 18.1. The molecule has 0 radical (unpaired) electrons. The second kappa shape index (κ2) is 8.73. The number of hydrogen-bond donors (Lipinski definition) is 1. The molecule has 24 heavy (non-hydrogen) atoms. The highest BCUT2D eigenvalue weighted by atomic mass is 127. The van der Waals surface area contributed by atoms with Crippen LogP contribution >= 0.6 is 35.7 Å². The third-order valence-corrected chi connectivity index (χ3v) is 6.65. The topological polar surface area (TPSA) is 58.3 Å². The number of aliphatic imine (C=N–C) groups is 1. The first-order chi connectivity index (χ1) is 11.1. The monoisotopic (exact) mass is 464 g/mol. The molecule has 2 heterocycles. The number of nitrogens with zero attached hydrogens (tertiary/aromatic N) is 5. The molecule has 1 aliphatic heterocycles. The first kappa shape index (κ1) is 19.8. The lowest BCUT2D eigenvalue weighted by atomic mass is 9.87. The Morgan fingerprint density at radius 3 is 2.67 bits per heavy atom. The minimum Gasteiger partial charge on any atom is -0.349 e. The van der Waals surface area contributed by atoms with Gasteiger partial charge in [0.25, 0.3) is 0 Å². The van der Waals surface area contributed by atoms with Crippen molar-refractivity contribution in [1.29, 1.82) is 0 Å². The Bertz CT molecular complexity index is 561. The molecule has 1 N–H and O–H groups in total. The van der Waals surface area contributed by atoms with E-state index in [0.29, 0.717) is 11.3 Å². The van der Waals surface area contributed by atoms with Crippen LogP contribution < -0.4 is 5.32 Å². The van der Waals surface area contributed by atoms with Gasteiger partial charge in [-0.1, -0.05) is 19.3 Å². The summed E-state index contributed by atoms with van der Waals surface area (Å²) in [5.41, 5.74) is 0. The van der Waals surface area contributed by atoms with Crippen LogP contribution in [0, 0.1) is 6.92 Å². The Labute approximate surface area is 166 Å². The van der Waals surface area contributed by atoms with Crippen molar-refractivity contribution in [2.75, 3.05) is 25.9 Å². The summed E-state index contributed by atoms with van der Waals surface area (Å²) < 4.78 is 2.48. The standard InChI is InChI=1S/C16H28N6S.HI/c1-13-19-20-14(21(13)3)11-18-15(17-2)22-9-10-23-16(12-22)7-5-4-6-8-16;/h4-12H2,1-3H3,(H,17,18);1H. The van der Waals surface area contributed by atoms with Gasteiger partial charge in [0.1, 0.15) is 5.82 Å². The molecule has 1 spiro atoms. The lowest BCUT2D eigenvalue weighted by Gasteiger charge is -2.45. The van der Waals surface area contributed by atoms with Crippen LogP contribution in [-0.4, -0.2) is 56.3 Å². The predicted octanol–water partition coefficient (Wildman–Crippen LogP) is 2.57. The Hall–Kier alpha value is -0.510. The van der Waals surface area contributed by atoms with Crippen LogP contribution in [0.3, 0.4) is 0 Å². The average Bonchev–Trinajstić information content (AvgIpc) is 2.88. The van der Waals surface area contributed by atoms with E-state index in [1.807, 2.05) is 25.6 Å². The molecule has 1 saturated carbocycles. The molecule has 2 aliphatic rings. The van der Waals surface area contributed by atoms with Gasteiger partial charge in [0.2, 0.25) is 0 Å². The highest BCUT2D eigenvalue weighted by Crippen LogP contribution is 2.42. The Balaban J connectivity index is 0.00000208. The Morgan fingerprint density at radius 2 is 2.04 bits per heavy atom. The van der Waals surface area contributed by atoms with Gasteiger partial charge in [0.15, 0.2) is 11.8 Å². The number of guanidine groups is 1. The number of hydrogen-bond acceptors (Lipinski definition) is 4. The normalized spacial score (nSPS) is 20.8. The maximum absolute atomic E-state index is 4.51. The molecule has 8 heteroatoms. The van der Waals surface area contributed by atoms with E-state index in [1.165, 1.54) is 37.9 Å². The zero-order valence-electron chi connectivity index (χ0n) is 14.9. The molecule has 1 aliphatic carbocycles. The Morgan fingerprint density at radius 1 is 1.29 bits per heavy atom. The number of halogens is 1. The van der Waals surface area contributed by atoms with E-state index in [-0.39, 0.29) is 24.0 Å². The fraction of sp³-hybridized carbons (Fsp3) is 0.812. The largest absolute Gasteiger partial charge is 0.349 e. The molecular weight excluding hydrogens is 435 g/mol. The first-order valence-corrected chi connectivity index (χ1v) is 9.56. The molecule has 0 atom stereocenters. The average molecular weight is 464 g/mol. The zero-order chi connectivity index (χ0) is 16.3. The molecule has 3 rings (SSSR count). The second-order valence-electron chi connectivity index (χ2n) is 6.64. The highest BCUT2D eigenvalue weighted by Gasteiger charge is 2.38. The molecule has 2 fully saturated rings. The molecule has 1 saturated heterocycles. The van der Waals surface area contributed by atoms with Crippen molar-refractivity contribution in [2.24, 2.45) is 12.0 Å². The van der Waals surface area contributed by atoms with Crippen molar-refractivity contribution in [2.45, 2.75) is 50.3 Å². The van der Waals surface area contributed by atoms with Gasteiger partial charge >= 0.3 is 0 Å². The molecule has 6 nitrogen and oxygen atoms in total. The van der Waals surface area contributed by atoms with E-state index in [4.69, 9.17) is 0 Å². The summed E-state index contributed by atoms with van der Waals surface area (Å²) in [4.78, 5) is 6.94. The predicted molar refractivity (Wildman–Crippen MR) is 111 cm³/mol. The van der Waals surface area contributed by atoms with Crippen LogP contribution in [0.4, 0.5) is 0 Å². The first-order valence-electron chi connectivity index (χ1n) is 8.58. The third kappa shape index (κ3) is 4.36. The maximum atomic E-state index is 4.51. The van der Waals surface area contributed by atoms with Crippen LogP contribution in [0.5, 0.6) is 0 Å². The van der Waals surface area contributed by atoms with E-state index in [0.717, 1.165) is 30.7 Å². The molecule has 0 bridgehead atoms. The summed E-state index contributed by atoms with van der Waals surface area (Å²) in [6.07, 6.45) is 6.87. The van der Waals surface area contributed by atoms with E-state index < -0.39 is 0 Å². The molecular formula is C16H29IN6S. The molecule has 0 aromatic carbocycles. The van der Waals surface area contributed by atoms with Gasteiger partial charge in [-0.25, -0.2) is 0 Å². The fourth-order valence-electron chi connectivity index (χ4n) is 3.62. The Kier molecular flexibility index (Phi) is 7.21. The van der Waals surface area contributed by atoms with Gasteiger partial charge in [-0.2, -0.15) is 11.8 Å². The van der Waals surface area contributed by atoms with E-state index in [2.05, 4.69) is 37.2 Å². The number of nitrogens with one attached hydrogen (secondary N) is 1. The minimum absolute atomic E-state index is 0. The maximum Gasteiger partial charge on any atom is 0.194 e. The van der Waals surface area contributed by atoms with Gasteiger partial charge in [0.05, 0.1) is 6.54 Å². The minimum atomic E-state index is 0. The van der Waals surface area contributed by atoms with Gasteiger partial charge in [0, 0.05) is 37.7 Å². The summed E-state index contributed by atoms with van der Waals surface area (Å²) in [6, 6.07) is 0. The summed E-state index contributed by atoms with van der Waals surface area (Å²) in [5.74, 6) is 4.08. The summed E-state index contributed by atoms with van der Waals surface area (Å²) >= 11 is 2.19. The van der Waals surface area contributed by atoms with Crippen molar-refractivity contribution in [1.82, 2.24) is 25.0 Å². The molecule has 136 valence electrons. The van der Waals surface area contributed by atoms with Gasteiger partial charge < -0.3 is 14.8 Å². The summed E-state index contributed by atoms with van der Waals surface area (Å²) in [6.45, 7) is 4.83. The van der Waals surface area contributed by atoms with Gasteiger partial charge in [-0.15, -0.1) is 34.2 Å². The van der Waals surface area contributed by atoms with E-state index in [9.17, 15) is 0 Å². The van der Waals surface area contributed by atoms with Crippen molar-refractivity contribution in [3.63, 3.8) is 0 Å². The number of thioether (sulfide) groups is 1. The molecule has 0 amide bonds. The van der Waals surface area contributed by atoms with Crippen molar-refractivity contribution in [3.05, 3.63) is 11.6 Å². The van der Waals surface area contributed by atoms with Crippen LogP contribution in [-0.2, 0) is 13.6 Å². The summed E-state index contributed by atoms with van der Waals surface area (Å²) in [5, 5.41) is 11.8. The number of rotatable bonds is 2. The molecule has 0 unspecified atom stereocenters. The van der Waals surface area contributed by atoms with Crippen LogP contribution in [0.25, 0.3) is 0 Å². The van der Waals surface area contributed by atoms with Crippen molar-refractivity contribution in [3.8, 4) is 0 Å².